The molecule has 0 aliphatic heterocycles. The fourth-order valence-electron chi connectivity index (χ4n) is 2.68. The highest BCUT2D eigenvalue weighted by atomic mass is 16.4. The van der Waals surface area contributed by atoms with Crippen molar-refractivity contribution in [3.63, 3.8) is 0 Å². The summed E-state index contributed by atoms with van der Waals surface area (Å²) in [5.41, 5.74) is 0. The first-order valence-corrected chi connectivity index (χ1v) is 7.26. The molecule has 0 saturated heterocycles. The number of amides is 1. The molecule has 1 atom stereocenters. The number of aliphatic hydroxyl groups excluding tert-OH is 1. The van der Waals surface area contributed by atoms with Gasteiger partial charge >= 0.3 is 5.97 Å². The van der Waals surface area contributed by atoms with Gasteiger partial charge in [-0.2, -0.15) is 0 Å². The number of carbonyl (C=O) groups is 2. The second-order valence-electron chi connectivity index (χ2n) is 5.37. The van der Waals surface area contributed by atoms with Gasteiger partial charge in [-0.15, -0.1) is 0 Å². The van der Waals surface area contributed by atoms with Crippen LogP contribution in [0, 0.1) is 5.92 Å². The van der Waals surface area contributed by atoms with Crippen LogP contribution in [0.2, 0.25) is 0 Å². The summed E-state index contributed by atoms with van der Waals surface area (Å²) < 4.78 is 0. The Morgan fingerprint density at radius 1 is 1.21 bits per heavy atom. The Bertz CT molecular complexity index is 287. The first-order valence-electron chi connectivity index (χ1n) is 7.26. The highest BCUT2D eigenvalue weighted by molar-refractivity contribution is 5.83. The molecule has 0 bridgehead atoms. The maximum Gasteiger partial charge on any atom is 0.326 e. The van der Waals surface area contributed by atoms with Crippen LogP contribution in [0.1, 0.15) is 57.8 Å². The molecule has 5 heteroatoms. The summed E-state index contributed by atoms with van der Waals surface area (Å²) >= 11 is 0. The maximum absolute atomic E-state index is 11.6. The standard InChI is InChI=1S/C14H25NO4/c16-10-9-12(14(18)19)15-13(17)8-4-7-11-5-2-1-3-6-11/h11-12,16H,1-10H2,(H,15,17)(H,18,19)/t12-/m1/s1. The van der Waals surface area contributed by atoms with Crippen molar-refractivity contribution < 1.29 is 19.8 Å². The summed E-state index contributed by atoms with van der Waals surface area (Å²) in [6.45, 7) is -0.237. The summed E-state index contributed by atoms with van der Waals surface area (Å²) in [5, 5.41) is 20.0. The lowest BCUT2D eigenvalue weighted by molar-refractivity contribution is -0.142. The average molecular weight is 271 g/mol. The van der Waals surface area contributed by atoms with Gasteiger partial charge in [0.2, 0.25) is 5.91 Å². The molecule has 0 aromatic heterocycles. The first-order chi connectivity index (χ1) is 9.13. The Morgan fingerprint density at radius 2 is 1.89 bits per heavy atom. The van der Waals surface area contributed by atoms with E-state index in [9.17, 15) is 9.59 Å². The summed E-state index contributed by atoms with van der Waals surface area (Å²) in [4.78, 5) is 22.4. The maximum atomic E-state index is 11.6. The van der Waals surface area contributed by atoms with E-state index in [4.69, 9.17) is 10.2 Å². The van der Waals surface area contributed by atoms with E-state index in [1.54, 1.807) is 0 Å². The van der Waals surface area contributed by atoms with Crippen molar-refractivity contribution in [2.24, 2.45) is 5.92 Å². The zero-order valence-corrected chi connectivity index (χ0v) is 11.4. The third-order valence-electron chi connectivity index (χ3n) is 3.79. The average Bonchev–Trinajstić information content (AvgIpc) is 2.39. The third-order valence-corrected chi connectivity index (χ3v) is 3.79. The molecule has 1 aliphatic rings. The molecule has 1 rings (SSSR count). The van der Waals surface area contributed by atoms with Crippen molar-refractivity contribution in [1.82, 2.24) is 5.32 Å². The summed E-state index contributed by atoms with van der Waals surface area (Å²) in [5.74, 6) is -0.569. The quantitative estimate of drug-likeness (QED) is 0.627. The van der Waals surface area contributed by atoms with Crippen LogP contribution in [0.15, 0.2) is 0 Å². The van der Waals surface area contributed by atoms with Crippen LogP contribution in [0.25, 0.3) is 0 Å². The first kappa shape index (κ1) is 16.0. The van der Waals surface area contributed by atoms with Crippen LogP contribution in [0.4, 0.5) is 0 Å². The van der Waals surface area contributed by atoms with Gasteiger partial charge in [0.05, 0.1) is 0 Å². The van der Waals surface area contributed by atoms with E-state index >= 15 is 0 Å². The largest absolute Gasteiger partial charge is 0.480 e. The lowest BCUT2D eigenvalue weighted by Gasteiger charge is -2.21. The number of hydrogen-bond acceptors (Lipinski definition) is 3. The Balaban J connectivity index is 2.17. The molecule has 110 valence electrons. The molecule has 3 N–H and O–H groups in total. The molecular weight excluding hydrogens is 246 g/mol. The minimum absolute atomic E-state index is 0.0592. The van der Waals surface area contributed by atoms with Crippen molar-refractivity contribution in [2.45, 2.75) is 63.8 Å². The molecule has 0 heterocycles. The Hall–Kier alpha value is -1.10. The Kier molecular flexibility index (Phi) is 7.48. The van der Waals surface area contributed by atoms with Gasteiger partial charge in [0.15, 0.2) is 0 Å². The highest BCUT2D eigenvalue weighted by Gasteiger charge is 2.19. The van der Waals surface area contributed by atoms with Crippen molar-refractivity contribution in [2.75, 3.05) is 6.61 Å². The molecule has 19 heavy (non-hydrogen) atoms. The predicted octanol–water partition coefficient (Wildman–Crippen LogP) is 1.69. The second kappa shape index (κ2) is 8.91. The molecule has 0 aromatic rings. The van der Waals surface area contributed by atoms with Gasteiger partial charge < -0.3 is 15.5 Å². The molecule has 5 nitrogen and oxygen atoms in total. The number of aliphatic carboxylic acids is 1. The van der Waals surface area contributed by atoms with Crippen LogP contribution in [0.3, 0.4) is 0 Å². The highest BCUT2D eigenvalue weighted by Crippen LogP contribution is 2.27. The second-order valence-corrected chi connectivity index (χ2v) is 5.37. The molecule has 1 fully saturated rings. The van der Waals surface area contributed by atoms with Crippen LogP contribution in [0.5, 0.6) is 0 Å². The van der Waals surface area contributed by atoms with Gasteiger partial charge in [-0.3, -0.25) is 4.79 Å². The van der Waals surface area contributed by atoms with Crippen molar-refractivity contribution >= 4 is 11.9 Å². The Morgan fingerprint density at radius 3 is 2.47 bits per heavy atom. The van der Waals surface area contributed by atoms with Gasteiger partial charge in [0.1, 0.15) is 6.04 Å². The predicted molar refractivity (Wildman–Crippen MR) is 71.7 cm³/mol. The number of hydrogen-bond donors (Lipinski definition) is 3. The van der Waals surface area contributed by atoms with Gasteiger partial charge in [0.25, 0.3) is 0 Å². The number of aliphatic hydroxyl groups is 1. The number of nitrogens with one attached hydrogen (secondary N) is 1. The fourth-order valence-corrected chi connectivity index (χ4v) is 2.68. The lowest BCUT2D eigenvalue weighted by Crippen LogP contribution is -2.41. The van der Waals surface area contributed by atoms with E-state index in [1.807, 2.05) is 0 Å². The SMILES string of the molecule is O=C(CCCC1CCCCC1)N[C@H](CCO)C(=O)O. The monoisotopic (exact) mass is 271 g/mol. The molecule has 0 spiro atoms. The minimum Gasteiger partial charge on any atom is -0.480 e. The molecule has 1 saturated carbocycles. The van der Waals surface area contributed by atoms with Gasteiger partial charge in [-0.1, -0.05) is 32.1 Å². The van der Waals surface area contributed by atoms with Crippen LogP contribution < -0.4 is 5.32 Å². The van der Waals surface area contributed by atoms with E-state index in [2.05, 4.69) is 5.32 Å². The summed E-state index contributed by atoms with van der Waals surface area (Å²) in [6, 6.07) is -0.966. The summed E-state index contributed by atoms with van der Waals surface area (Å²) in [6.07, 6.45) is 8.79. The van der Waals surface area contributed by atoms with Gasteiger partial charge in [0, 0.05) is 19.4 Å². The van der Waals surface area contributed by atoms with E-state index in [1.165, 1.54) is 32.1 Å². The molecule has 1 amide bonds. The Labute approximate surface area is 114 Å². The topological polar surface area (TPSA) is 86.6 Å². The molecule has 0 aromatic carbocycles. The number of carbonyl (C=O) groups excluding carboxylic acids is 1. The zero-order chi connectivity index (χ0) is 14.1. The molecule has 0 radical (unpaired) electrons. The van der Waals surface area contributed by atoms with Crippen molar-refractivity contribution in [3.8, 4) is 0 Å². The summed E-state index contributed by atoms with van der Waals surface area (Å²) in [7, 11) is 0. The van der Waals surface area contributed by atoms with Crippen molar-refractivity contribution in [1.29, 1.82) is 0 Å². The van der Waals surface area contributed by atoms with E-state index < -0.39 is 12.0 Å². The zero-order valence-electron chi connectivity index (χ0n) is 11.4. The fraction of sp³-hybridized carbons (Fsp3) is 0.857. The van der Waals surface area contributed by atoms with Crippen LogP contribution >= 0.6 is 0 Å². The molecular formula is C14H25NO4. The van der Waals surface area contributed by atoms with E-state index in [-0.39, 0.29) is 18.9 Å². The third kappa shape index (κ3) is 6.57. The molecule has 1 aliphatic carbocycles. The lowest BCUT2D eigenvalue weighted by atomic mass is 9.86. The van der Waals surface area contributed by atoms with Crippen LogP contribution in [-0.2, 0) is 9.59 Å². The van der Waals surface area contributed by atoms with Crippen molar-refractivity contribution in [3.05, 3.63) is 0 Å². The van der Waals surface area contributed by atoms with E-state index in [0.717, 1.165) is 18.8 Å². The number of rotatable bonds is 8. The number of carboxylic acid groups (broad SMARTS) is 1. The molecule has 0 unspecified atom stereocenters. The minimum atomic E-state index is -1.09. The normalized spacial score (nSPS) is 17.9. The van der Waals surface area contributed by atoms with E-state index in [0.29, 0.717) is 6.42 Å². The van der Waals surface area contributed by atoms with Gasteiger partial charge in [-0.25, -0.2) is 4.79 Å². The van der Waals surface area contributed by atoms with Gasteiger partial charge in [-0.05, 0) is 18.8 Å². The van der Waals surface area contributed by atoms with Crippen LogP contribution in [-0.4, -0.2) is 34.7 Å². The smallest absolute Gasteiger partial charge is 0.326 e. The number of carboxylic acids is 1.